The number of amides is 2. The molecule has 0 aliphatic carbocycles. The maximum Gasteiger partial charge on any atom is 0.231 e. The van der Waals surface area contributed by atoms with Gasteiger partial charge in [-0.15, -0.1) is 0 Å². The number of ether oxygens (including phenoxy) is 1. The summed E-state index contributed by atoms with van der Waals surface area (Å²) in [6, 6.07) is 13.4. The summed E-state index contributed by atoms with van der Waals surface area (Å²) in [4.78, 5) is 29.5. The van der Waals surface area contributed by atoms with Crippen molar-refractivity contribution in [2.45, 2.75) is 13.3 Å². The lowest BCUT2D eigenvalue weighted by atomic mass is 10.0. The molecule has 0 radical (unpaired) electrons. The number of nitrogens with zero attached hydrogens (tertiary/aromatic N) is 2. The Morgan fingerprint density at radius 3 is 2.59 bits per heavy atom. The van der Waals surface area contributed by atoms with E-state index in [4.69, 9.17) is 16.3 Å². The molecular weight excluding hydrogens is 390 g/mol. The van der Waals surface area contributed by atoms with Crippen LogP contribution in [0.4, 0.5) is 11.4 Å². The molecule has 2 aliphatic heterocycles. The highest BCUT2D eigenvalue weighted by Crippen LogP contribution is 2.30. The van der Waals surface area contributed by atoms with E-state index in [1.54, 1.807) is 0 Å². The molecule has 4 rings (SSSR count). The lowest BCUT2D eigenvalue weighted by molar-refractivity contribution is -0.135. The average molecular weight is 414 g/mol. The fourth-order valence-electron chi connectivity index (χ4n) is 3.73. The topological polar surface area (TPSA) is 61.9 Å². The van der Waals surface area contributed by atoms with Gasteiger partial charge < -0.3 is 19.9 Å². The first-order valence-electron chi connectivity index (χ1n) is 9.82. The van der Waals surface area contributed by atoms with E-state index in [9.17, 15) is 9.59 Å². The minimum Gasteiger partial charge on any atom is -0.491 e. The second kappa shape index (κ2) is 8.33. The van der Waals surface area contributed by atoms with E-state index in [0.29, 0.717) is 29.5 Å². The smallest absolute Gasteiger partial charge is 0.231 e. The predicted octanol–water partition coefficient (Wildman–Crippen LogP) is 3.33. The van der Waals surface area contributed by atoms with Crippen LogP contribution in [-0.2, 0) is 9.59 Å². The zero-order valence-electron chi connectivity index (χ0n) is 16.4. The summed E-state index contributed by atoms with van der Waals surface area (Å²) < 4.78 is 5.79. The van der Waals surface area contributed by atoms with Gasteiger partial charge >= 0.3 is 0 Å². The Kier molecular flexibility index (Phi) is 5.62. The lowest BCUT2D eigenvalue weighted by Crippen LogP contribution is -2.49. The van der Waals surface area contributed by atoms with Gasteiger partial charge in [0.15, 0.2) is 0 Å². The molecule has 2 heterocycles. The molecule has 0 aromatic heterocycles. The van der Waals surface area contributed by atoms with Gasteiger partial charge in [0.1, 0.15) is 12.4 Å². The number of hydrogen-bond acceptors (Lipinski definition) is 4. The monoisotopic (exact) mass is 413 g/mol. The first kappa shape index (κ1) is 19.6. The Labute approximate surface area is 175 Å². The van der Waals surface area contributed by atoms with Crippen LogP contribution in [0.5, 0.6) is 5.75 Å². The van der Waals surface area contributed by atoms with Gasteiger partial charge in [-0.25, -0.2) is 0 Å². The number of piperazine rings is 1. The summed E-state index contributed by atoms with van der Waals surface area (Å²) in [7, 11) is 0. The third kappa shape index (κ3) is 4.48. The van der Waals surface area contributed by atoms with Gasteiger partial charge in [-0.3, -0.25) is 9.59 Å². The number of hydrogen-bond donors (Lipinski definition) is 1. The molecule has 0 spiro atoms. The predicted molar refractivity (Wildman–Crippen MR) is 114 cm³/mol. The summed E-state index contributed by atoms with van der Waals surface area (Å²) >= 11 is 5.95. The maximum atomic E-state index is 12.8. The highest BCUT2D eigenvalue weighted by Gasteiger charge is 2.30. The largest absolute Gasteiger partial charge is 0.491 e. The Morgan fingerprint density at radius 1 is 1.14 bits per heavy atom. The highest BCUT2D eigenvalue weighted by atomic mass is 35.5. The molecule has 29 heavy (non-hydrogen) atoms. The second-order valence-corrected chi connectivity index (χ2v) is 7.98. The second-order valence-electron chi connectivity index (χ2n) is 7.55. The van der Waals surface area contributed by atoms with E-state index < -0.39 is 5.92 Å². The first-order chi connectivity index (χ1) is 14.0. The average Bonchev–Trinajstić information content (AvgIpc) is 2.87. The zero-order chi connectivity index (χ0) is 20.4. The fourth-order valence-corrected chi connectivity index (χ4v) is 3.85. The Hall–Kier alpha value is -2.73. The van der Waals surface area contributed by atoms with Crippen molar-refractivity contribution in [2.75, 3.05) is 43.0 Å². The van der Waals surface area contributed by atoms with E-state index in [2.05, 4.69) is 10.2 Å². The van der Waals surface area contributed by atoms with Gasteiger partial charge in [-0.05, 0) is 48.9 Å². The quantitative estimate of drug-likeness (QED) is 0.838. The third-order valence-electron chi connectivity index (χ3n) is 5.45. The number of nitrogens with one attached hydrogen (secondary N) is 1. The van der Waals surface area contributed by atoms with Crippen molar-refractivity contribution < 1.29 is 14.3 Å². The molecule has 6 nitrogen and oxygen atoms in total. The first-order valence-corrected chi connectivity index (χ1v) is 10.2. The van der Waals surface area contributed by atoms with Gasteiger partial charge in [0.25, 0.3) is 0 Å². The number of fused-ring (bicyclic) bond motifs is 1. The number of rotatable bonds is 3. The van der Waals surface area contributed by atoms with Gasteiger partial charge in [0.2, 0.25) is 11.8 Å². The van der Waals surface area contributed by atoms with Gasteiger partial charge in [0, 0.05) is 43.3 Å². The van der Waals surface area contributed by atoms with E-state index in [1.807, 2.05) is 54.3 Å². The molecule has 2 aromatic carbocycles. The van der Waals surface area contributed by atoms with Crippen molar-refractivity contribution >= 4 is 34.8 Å². The van der Waals surface area contributed by atoms with Crippen molar-refractivity contribution in [2.24, 2.45) is 5.92 Å². The Balaban J connectivity index is 1.33. The van der Waals surface area contributed by atoms with Crippen LogP contribution in [0.25, 0.3) is 0 Å². The fraction of sp³-hybridized carbons (Fsp3) is 0.364. The Bertz CT molecular complexity index is 908. The molecule has 152 valence electrons. The molecule has 1 fully saturated rings. The van der Waals surface area contributed by atoms with E-state index in [-0.39, 0.29) is 24.8 Å². The van der Waals surface area contributed by atoms with Crippen LogP contribution in [0.15, 0.2) is 42.5 Å². The van der Waals surface area contributed by atoms with Gasteiger partial charge in [0.05, 0.1) is 11.6 Å². The van der Waals surface area contributed by atoms with Gasteiger partial charge in [-0.2, -0.15) is 0 Å². The highest BCUT2D eigenvalue weighted by molar-refractivity contribution is 6.30. The summed E-state index contributed by atoms with van der Waals surface area (Å²) in [5.74, 6) is -0.0193. The number of aryl methyl sites for hydroxylation is 1. The number of benzene rings is 2. The molecule has 1 N–H and O–H groups in total. The zero-order valence-corrected chi connectivity index (χ0v) is 17.1. The molecule has 1 atom stereocenters. The number of anilines is 2. The van der Waals surface area contributed by atoms with Crippen LogP contribution in [0.1, 0.15) is 12.0 Å². The number of carbonyl (C=O) groups excluding carboxylic acids is 2. The maximum absolute atomic E-state index is 12.8. The van der Waals surface area contributed by atoms with Crippen LogP contribution in [0, 0.1) is 12.8 Å². The summed E-state index contributed by atoms with van der Waals surface area (Å²) in [6.07, 6.45) is 0.153. The molecule has 2 amide bonds. The van der Waals surface area contributed by atoms with Gasteiger partial charge in [-0.1, -0.05) is 17.7 Å². The third-order valence-corrected chi connectivity index (χ3v) is 5.70. The van der Waals surface area contributed by atoms with Crippen molar-refractivity contribution in [3.63, 3.8) is 0 Å². The normalized spacial score (nSPS) is 19.1. The van der Waals surface area contributed by atoms with Crippen LogP contribution < -0.4 is 15.0 Å². The van der Waals surface area contributed by atoms with Crippen molar-refractivity contribution in [1.29, 1.82) is 0 Å². The van der Waals surface area contributed by atoms with E-state index in [1.165, 1.54) is 0 Å². The molecule has 2 aliphatic rings. The summed E-state index contributed by atoms with van der Waals surface area (Å²) in [5, 5.41) is 3.61. The molecule has 0 bridgehead atoms. The molecule has 0 unspecified atom stereocenters. The molecule has 1 saturated heterocycles. The Morgan fingerprint density at radius 2 is 1.86 bits per heavy atom. The number of carbonyl (C=O) groups is 2. The summed E-state index contributed by atoms with van der Waals surface area (Å²) in [5.41, 5.74) is 2.81. The molecular formula is C22H24ClN3O3. The van der Waals surface area contributed by atoms with Crippen LogP contribution in [0.3, 0.4) is 0 Å². The molecule has 0 saturated carbocycles. The lowest BCUT2D eigenvalue weighted by Gasteiger charge is -2.36. The van der Waals surface area contributed by atoms with Crippen LogP contribution in [0.2, 0.25) is 5.02 Å². The van der Waals surface area contributed by atoms with E-state index in [0.717, 1.165) is 24.3 Å². The van der Waals surface area contributed by atoms with Crippen LogP contribution >= 0.6 is 11.6 Å². The van der Waals surface area contributed by atoms with E-state index >= 15 is 0 Å². The standard InChI is InChI=1S/C22H24ClN3O3/c1-15-2-7-20-19(12-15)24-22(28)16(14-29-20)13-21(27)26-10-8-25(9-11-26)18-5-3-17(23)4-6-18/h2-7,12,16H,8-11,13-14H2,1H3,(H,24,28)/t16-/m0/s1. The van der Waals surface area contributed by atoms with Crippen molar-refractivity contribution in [1.82, 2.24) is 4.90 Å². The minimum atomic E-state index is -0.496. The summed E-state index contributed by atoms with van der Waals surface area (Å²) in [6.45, 7) is 4.95. The van der Waals surface area contributed by atoms with Crippen LogP contribution in [-0.4, -0.2) is 49.5 Å². The minimum absolute atomic E-state index is 0.00774. The molecule has 7 heteroatoms. The SMILES string of the molecule is Cc1ccc2c(c1)NC(=O)[C@@H](CC(=O)N1CCN(c3ccc(Cl)cc3)CC1)CO2. The van der Waals surface area contributed by atoms with Crippen molar-refractivity contribution in [3.05, 3.63) is 53.1 Å². The molecule has 2 aromatic rings. The van der Waals surface area contributed by atoms with Crippen molar-refractivity contribution in [3.8, 4) is 5.75 Å². The number of halogens is 1.